The van der Waals surface area contributed by atoms with E-state index in [1.807, 2.05) is 24.3 Å². The van der Waals surface area contributed by atoms with E-state index in [1.165, 1.54) is 5.01 Å². The number of hydrogen-bond acceptors (Lipinski definition) is 9. The van der Waals surface area contributed by atoms with Crippen molar-refractivity contribution in [2.75, 3.05) is 18.7 Å². The molecule has 0 aliphatic carbocycles. The molecule has 0 spiro atoms. The maximum atomic E-state index is 6.07. The van der Waals surface area contributed by atoms with E-state index in [-0.39, 0.29) is 0 Å². The molecule has 3 aromatic rings. The molecule has 3 N–H and O–H groups in total. The van der Waals surface area contributed by atoms with Gasteiger partial charge in [0.25, 0.3) is 5.95 Å². The van der Waals surface area contributed by atoms with Crippen molar-refractivity contribution < 1.29 is 4.74 Å². The molecular formula is C13H18N10O. The van der Waals surface area contributed by atoms with Gasteiger partial charge in [-0.05, 0) is 45.0 Å². The monoisotopic (exact) mass is 330 g/mol. The van der Waals surface area contributed by atoms with Crippen LogP contribution in [-0.4, -0.2) is 54.5 Å². The molecule has 2 heterocycles. The molecule has 0 atom stereocenters. The molecule has 0 saturated carbocycles. The summed E-state index contributed by atoms with van der Waals surface area (Å²) in [6, 6.07) is 7.71. The lowest BCUT2D eigenvalue weighted by Gasteiger charge is -2.16. The Balaban J connectivity index is 1.58. The van der Waals surface area contributed by atoms with Crippen molar-refractivity contribution in [2.45, 2.75) is 19.4 Å². The van der Waals surface area contributed by atoms with E-state index in [0.29, 0.717) is 25.5 Å². The van der Waals surface area contributed by atoms with Gasteiger partial charge in [0.1, 0.15) is 11.6 Å². The summed E-state index contributed by atoms with van der Waals surface area (Å²) in [5, 5.41) is 26.8. The summed E-state index contributed by atoms with van der Waals surface area (Å²) < 4.78 is 6.80. The van der Waals surface area contributed by atoms with Gasteiger partial charge >= 0.3 is 0 Å². The summed E-state index contributed by atoms with van der Waals surface area (Å²) >= 11 is 0. The first-order chi connectivity index (χ1) is 11.8. The minimum Gasteiger partial charge on any atom is -0.497 e. The van der Waals surface area contributed by atoms with Crippen LogP contribution in [-0.2, 0) is 13.0 Å². The van der Waals surface area contributed by atoms with Gasteiger partial charge in [-0.3, -0.25) is 5.01 Å². The first-order valence-corrected chi connectivity index (χ1v) is 7.40. The van der Waals surface area contributed by atoms with E-state index >= 15 is 0 Å². The highest BCUT2D eigenvalue weighted by atomic mass is 16.5. The lowest BCUT2D eigenvalue weighted by molar-refractivity contribution is 0.414. The minimum atomic E-state index is 0.501. The first kappa shape index (κ1) is 15.8. The van der Waals surface area contributed by atoms with E-state index in [1.54, 1.807) is 11.8 Å². The minimum absolute atomic E-state index is 0.501. The molecule has 2 aromatic heterocycles. The summed E-state index contributed by atoms with van der Waals surface area (Å²) in [5.74, 6) is 8.10. The molecule has 0 radical (unpaired) electrons. The molecular weight excluding hydrogens is 312 g/mol. The zero-order valence-corrected chi connectivity index (χ0v) is 13.2. The lowest BCUT2D eigenvalue weighted by atomic mass is 10.2. The lowest BCUT2D eigenvalue weighted by Crippen LogP contribution is -2.35. The number of aromatic nitrogens is 8. The Hall–Kier alpha value is -3.08. The Kier molecular flexibility index (Phi) is 4.91. The quantitative estimate of drug-likeness (QED) is 0.416. The van der Waals surface area contributed by atoms with Crippen molar-refractivity contribution >= 4 is 5.95 Å². The number of nitrogens with two attached hydrogens (primary N) is 1. The van der Waals surface area contributed by atoms with Crippen LogP contribution in [0.2, 0.25) is 0 Å². The number of ether oxygens (including phenoxy) is 1. The number of aromatic amines is 1. The predicted molar refractivity (Wildman–Crippen MR) is 83.9 cm³/mol. The normalized spacial score (nSPS) is 10.8. The Labute approximate surface area is 137 Å². The highest BCUT2D eigenvalue weighted by molar-refractivity contribution is 5.30. The van der Waals surface area contributed by atoms with E-state index in [9.17, 15) is 0 Å². The second kappa shape index (κ2) is 7.46. The van der Waals surface area contributed by atoms with Gasteiger partial charge in [-0.25, -0.2) is 15.6 Å². The Morgan fingerprint density at radius 2 is 2.04 bits per heavy atom. The fraction of sp³-hybridized carbons (Fsp3) is 0.385. The van der Waals surface area contributed by atoms with Crippen LogP contribution in [0.25, 0.3) is 0 Å². The second-order valence-electron chi connectivity index (χ2n) is 5.13. The molecule has 11 nitrogen and oxygen atoms in total. The van der Waals surface area contributed by atoms with E-state index in [0.717, 1.165) is 23.6 Å². The smallest absolute Gasteiger partial charge is 0.260 e. The van der Waals surface area contributed by atoms with Crippen LogP contribution in [0.5, 0.6) is 5.75 Å². The van der Waals surface area contributed by atoms with Crippen LogP contribution in [0, 0.1) is 0 Å². The van der Waals surface area contributed by atoms with Crippen molar-refractivity contribution in [3.63, 3.8) is 0 Å². The molecule has 11 heteroatoms. The predicted octanol–water partition coefficient (Wildman–Crippen LogP) is -0.444. The van der Waals surface area contributed by atoms with Gasteiger partial charge in [-0.1, -0.05) is 17.2 Å². The number of nitrogens with zero attached hydrogens (tertiary/aromatic N) is 8. The second-order valence-corrected chi connectivity index (χ2v) is 5.13. The molecule has 0 bridgehead atoms. The topological polar surface area (TPSA) is 137 Å². The molecule has 126 valence electrons. The van der Waals surface area contributed by atoms with Gasteiger partial charge in [-0.2, -0.15) is 0 Å². The number of hydrazine groups is 1. The molecule has 3 rings (SSSR count). The van der Waals surface area contributed by atoms with Gasteiger partial charge in [0, 0.05) is 13.0 Å². The summed E-state index contributed by atoms with van der Waals surface area (Å²) in [7, 11) is 1.63. The number of methoxy groups -OCH3 is 1. The molecule has 24 heavy (non-hydrogen) atoms. The number of tetrazole rings is 2. The summed E-state index contributed by atoms with van der Waals surface area (Å²) in [6.07, 6.45) is 1.46. The number of hydrogen-bond donors (Lipinski definition) is 2. The summed E-state index contributed by atoms with van der Waals surface area (Å²) in [5.41, 5.74) is 1.05. The van der Waals surface area contributed by atoms with Crippen molar-refractivity contribution in [1.82, 2.24) is 40.8 Å². The maximum absolute atomic E-state index is 6.07. The average Bonchev–Trinajstić information content (AvgIpc) is 3.27. The third kappa shape index (κ3) is 3.81. The zero-order valence-electron chi connectivity index (χ0n) is 13.2. The number of H-pyrrole nitrogens is 1. The standard InChI is InChI=1S/C13H18N10O/c1-24-11-6-4-10(5-7-11)9-23-13(17-20-21-23)22(14)8-2-3-12-15-18-19-16-12/h4-7H,2-3,8-9,14H2,1H3,(H,15,16,18,19). The van der Waals surface area contributed by atoms with E-state index in [4.69, 9.17) is 10.6 Å². The number of benzene rings is 1. The van der Waals surface area contributed by atoms with Crippen LogP contribution in [0.3, 0.4) is 0 Å². The molecule has 0 aliphatic heterocycles. The summed E-state index contributed by atoms with van der Waals surface area (Å²) in [6.45, 7) is 1.09. The maximum Gasteiger partial charge on any atom is 0.260 e. The average molecular weight is 330 g/mol. The fourth-order valence-electron chi connectivity index (χ4n) is 2.21. The SMILES string of the molecule is COc1ccc(Cn2nnnc2N(N)CCCc2nnn[nH]2)cc1. The van der Waals surface area contributed by atoms with Gasteiger partial charge in [0.15, 0.2) is 0 Å². The van der Waals surface area contributed by atoms with E-state index < -0.39 is 0 Å². The number of rotatable bonds is 8. The fourth-order valence-corrected chi connectivity index (χ4v) is 2.21. The Morgan fingerprint density at radius 1 is 1.21 bits per heavy atom. The van der Waals surface area contributed by atoms with Crippen molar-refractivity contribution in [3.8, 4) is 5.75 Å². The molecule has 0 unspecified atom stereocenters. The zero-order chi connectivity index (χ0) is 16.8. The van der Waals surface area contributed by atoms with Crippen LogP contribution in [0.4, 0.5) is 5.95 Å². The van der Waals surface area contributed by atoms with Gasteiger partial charge < -0.3 is 4.74 Å². The van der Waals surface area contributed by atoms with Crippen molar-refractivity contribution in [1.29, 1.82) is 0 Å². The molecule has 0 fully saturated rings. The molecule has 0 amide bonds. The van der Waals surface area contributed by atoms with Crippen LogP contribution < -0.4 is 15.6 Å². The number of aryl methyl sites for hydroxylation is 1. The van der Waals surface area contributed by atoms with Crippen molar-refractivity contribution in [2.24, 2.45) is 5.84 Å². The molecule has 0 saturated heterocycles. The third-order valence-electron chi connectivity index (χ3n) is 3.46. The Morgan fingerprint density at radius 3 is 2.75 bits per heavy atom. The van der Waals surface area contributed by atoms with Crippen molar-refractivity contribution in [3.05, 3.63) is 35.7 Å². The molecule has 0 aliphatic rings. The van der Waals surface area contributed by atoms with Gasteiger partial charge in [0.05, 0.1) is 13.7 Å². The van der Waals surface area contributed by atoms with Gasteiger partial charge in [0.2, 0.25) is 0 Å². The van der Waals surface area contributed by atoms with Gasteiger partial charge in [-0.15, -0.1) is 5.10 Å². The first-order valence-electron chi connectivity index (χ1n) is 7.40. The Bertz CT molecular complexity index is 738. The van der Waals surface area contributed by atoms with Crippen LogP contribution >= 0.6 is 0 Å². The van der Waals surface area contributed by atoms with Crippen LogP contribution in [0.1, 0.15) is 17.8 Å². The van der Waals surface area contributed by atoms with Crippen LogP contribution in [0.15, 0.2) is 24.3 Å². The summed E-state index contributed by atoms with van der Waals surface area (Å²) in [4.78, 5) is 0. The third-order valence-corrected chi connectivity index (χ3v) is 3.46. The van der Waals surface area contributed by atoms with E-state index in [2.05, 4.69) is 36.1 Å². The molecule has 1 aromatic carbocycles. The number of anilines is 1. The highest BCUT2D eigenvalue weighted by Gasteiger charge is 2.12. The largest absolute Gasteiger partial charge is 0.497 e. The highest BCUT2D eigenvalue weighted by Crippen LogP contribution is 2.14. The number of nitrogens with one attached hydrogen (secondary N) is 1.